The molecule has 192 valence electrons. The van der Waals surface area contributed by atoms with Crippen LogP contribution in [-0.4, -0.2) is 82.6 Å². The molecule has 0 aromatic carbocycles. The van der Waals surface area contributed by atoms with Crippen molar-refractivity contribution in [1.29, 1.82) is 0 Å². The third-order valence-corrected chi connectivity index (χ3v) is 6.71. The van der Waals surface area contributed by atoms with Crippen LogP contribution in [0.15, 0.2) is 0 Å². The van der Waals surface area contributed by atoms with Gasteiger partial charge in [0.15, 0.2) is 23.7 Å². The highest BCUT2D eigenvalue weighted by atomic mass is 32.2. The third-order valence-electron chi connectivity index (χ3n) is 5.09. The zero-order valence-electron chi connectivity index (χ0n) is 20.1. The number of carbonyl (C=O) groups is 4. The summed E-state index contributed by atoms with van der Waals surface area (Å²) < 4.78 is 28.1. The Labute approximate surface area is 209 Å². The van der Waals surface area contributed by atoms with E-state index in [1.165, 1.54) is 27.7 Å². The average molecular weight is 520 g/mol. The highest BCUT2D eigenvalue weighted by Gasteiger charge is 2.52. The molecule has 1 aliphatic carbocycles. The molecule has 12 heteroatoms. The number of nitrogens with zero attached hydrogens (tertiary/aromatic N) is 1. The Morgan fingerprint density at radius 2 is 1.47 bits per heavy atom. The highest BCUT2D eigenvalue weighted by Crippen LogP contribution is 2.37. The van der Waals surface area contributed by atoms with E-state index in [4.69, 9.17) is 35.9 Å². The first-order chi connectivity index (χ1) is 16.0. The average Bonchev–Trinajstić information content (AvgIpc) is 3.53. The summed E-state index contributed by atoms with van der Waals surface area (Å²) >= 11 is 6.86. The molecule has 3 unspecified atom stereocenters. The molecular formula is C22H33NO9S2. The van der Waals surface area contributed by atoms with Gasteiger partial charge in [0.05, 0.1) is 0 Å². The maximum Gasteiger partial charge on any atom is 0.303 e. The maximum absolute atomic E-state index is 11.9. The van der Waals surface area contributed by atoms with Crippen molar-refractivity contribution in [3.63, 3.8) is 0 Å². The van der Waals surface area contributed by atoms with E-state index in [0.29, 0.717) is 10.2 Å². The first-order valence-corrected chi connectivity index (χ1v) is 12.6. The number of hydrogen-bond donors (Lipinski definition) is 0. The monoisotopic (exact) mass is 519 g/mol. The molecule has 1 saturated carbocycles. The van der Waals surface area contributed by atoms with E-state index in [-0.39, 0.29) is 6.61 Å². The van der Waals surface area contributed by atoms with Crippen LogP contribution in [0.4, 0.5) is 0 Å². The fraction of sp³-hybridized carbons (Fsp3) is 0.773. The molecule has 2 fully saturated rings. The van der Waals surface area contributed by atoms with Crippen LogP contribution in [-0.2, 0) is 42.9 Å². The fourth-order valence-corrected chi connectivity index (χ4v) is 5.10. The van der Waals surface area contributed by atoms with Crippen LogP contribution in [0.3, 0.4) is 0 Å². The molecule has 1 aliphatic heterocycles. The summed E-state index contributed by atoms with van der Waals surface area (Å²) in [4.78, 5) is 49.2. The lowest BCUT2D eigenvalue weighted by molar-refractivity contribution is -0.237. The van der Waals surface area contributed by atoms with Gasteiger partial charge in [-0.25, -0.2) is 0 Å². The zero-order chi connectivity index (χ0) is 25.4. The first-order valence-electron chi connectivity index (χ1n) is 11.3. The van der Waals surface area contributed by atoms with Crippen LogP contribution in [0, 0.1) is 5.92 Å². The second-order valence-corrected chi connectivity index (χ2v) is 10.1. The molecule has 0 radical (unpaired) electrons. The number of hydrogen-bond acceptors (Lipinski definition) is 11. The zero-order valence-corrected chi connectivity index (χ0v) is 21.8. The molecule has 5 atom stereocenters. The van der Waals surface area contributed by atoms with Crippen LogP contribution >= 0.6 is 24.0 Å². The van der Waals surface area contributed by atoms with Gasteiger partial charge >= 0.3 is 23.9 Å². The predicted molar refractivity (Wildman–Crippen MR) is 127 cm³/mol. The molecule has 0 bridgehead atoms. The van der Waals surface area contributed by atoms with Crippen LogP contribution in [0.5, 0.6) is 0 Å². The smallest absolute Gasteiger partial charge is 0.303 e. The van der Waals surface area contributed by atoms with Gasteiger partial charge in [-0.2, -0.15) is 0 Å². The lowest BCUT2D eigenvalue weighted by Gasteiger charge is -2.44. The van der Waals surface area contributed by atoms with Gasteiger partial charge in [0, 0.05) is 40.8 Å². The number of thiocarbonyl (C=S) groups is 1. The minimum Gasteiger partial charge on any atom is -0.463 e. The molecule has 1 saturated heterocycles. The van der Waals surface area contributed by atoms with Crippen LogP contribution < -0.4 is 0 Å². The molecule has 0 amide bonds. The second-order valence-electron chi connectivity index (χ2n) is 8.34. The van der Waals surface area contributed by atoms with E-state index >= 15 is 0 Å². The summed E-state index contributed by atoms with van der Waals surface area (Å²) in [5, 5.41) is 0. The fourth-order valence-electron chi connectivity index (χ4n) is 3.60. The topological polar surface area (TPSA) is 118 Å². The quantitative estimate of drug-likeness (QED) is 0.239. The van der Waals surface area contributed by atoms with Crippen molar-refractivity contribution in [2.75, 3.05) is 19.7 Å². The Hall–Kier alpha value is -1.92. The number of esters is 4. The van der Waals surface area contributed by atoms with Crippen LogP contribution in [0.1, 0.15) is 53.9 Å². The van der Waals surface area contributed by atoms with E-state index in [0.717, 1.165) is 44.1 Å². The number of ether oxygens (including phenoxy) is 5. The molecule has 0 N–H and O–H groups in total. The summed E-state index contributed by atoms with van der Waals surface area (Å²) in [6, 6.07) is 0. The SMILES string of the molecule is CCCN(CC1CC1)C(=S)S[C@@H]1OC(COC(C)=O)[C@H](OC(C)=O)C(OC(C)=O)C1OC(C)=O. The Kier molecular flexibility index (Phi) is 11.0. The van der Waals surface area contributed by atoms with Gasteiger partial charge in [0.2, 0.25) is 0 Å². The van der Waals surface area contributed by atoms with E-state index in [2.05, 4.69) is 11.8 Å². The Morgan fingerprint density at radius 1 is 0.912 bits per heavy atom. The van der Waals surface area contributed by atoms with Crippen molar-refractivity contribution in [2.24, 2.45) is 5.92 Å². The molecule has 0 aromatic heterocycles. The van der Waals surface area contributed by atoms with Crippen LogP contribution in [0.25, 0.3) is 0 Å². The molecule has 2 rings (SSSR count). The van der Waals surface area contributed by atoms with Crippen molar-refractivity contribution in [1.82, 2.24) is 4.90 Å². The summed E-state index contributed by atoms with van der Waals surface area (Å²) in [5.41, 5.74) is -0.897. The minimum atomic E-state index is -1.19. The van der Waals surface area contributed by atoms with Gasteiger partial charge in [-0.1, -0.05) is 30.9 Å². The largest absolute Gasteiger partial charge is 0.463 e. The van der Waals surface area contributed by atoms with E-state index in [9.17, 15) is 19.2 Å². The third kappa shape index (κ3) is 9.03. The summed E-state index contributed by atoms with van der Waals surface area (Å²) in [7, 11) is 0. The molecular weight excluding hydrogens is 486 g/mol. The van der Waals surface area contributed by atoms with Gasteiger partial charge < -0.3 is 28.6 Å². The molecule has 1 heterocycles. The van der Waals surface area contributed by atoms with Crippen molar-refractivity contribution < 1.29 is 42.9 Å². The molecule has 0 aromatic rings. The van der Waals surface area contributed by atoms with E-state index in [1.54, 1.807) is 0 Å². The summed E-state index contributed by atoms with van der Waals surface area (Å²) in [6.07, 6.45) is -1.25. The minimum absolute atomic E-state index is 0.262. The number of carbonyl (C=O) groups excluding carboxylic acids is 4. The van der Waals surface area contributed by atoms with Crippen molar-refractivity contribution >= 4 is 52.2 Å². The predicted octanol–water partition coefficient (Wildman–Crippen LogP) is 2.21. The normalized spacial score (nSPS) is 26.2. The van der Waals surface area contributed by atoms with Gasteiger partial charge in [-0.05, 0) is 25.2 Å². The Morgan fingerprint density at radius 3 is 1.97 bits per heavy atom. The van der Waals surface area contributed by atoms with Crippen LogP contribution in [0.2, 0.25) is 0 Å². The lowest BCUT2D eigenvalue weighted by Crippen LogP contribution is -2.61. The number of rotatable bonds is 10. The van der Waals surface area contributed by atoms with Gasteiger partial charge in [-0.3, -0.25) is 19.2 Å². The summed E-state index contributed by atoms with van der Waals surface area (Å²) in [5.74, 6) is -1.93. The molecule has 2 aliphatic rings. The highest BCUT2D eigenvalue weighted by molar-refractivity contribution is 8.23. The molecule has 0 spiro atoms. The summed E-state index contributed by atoms with van der Waals surface area (Å²) in [6.45, 7) is 8.20. The van der Waals surface area contributed by atoms with Gasteiger partial charge in [-0.15, -0.1) is 0 Å². The van der Waals surface area contributed by atoms with Crippen molar-refractivity contribution in [2.45, 2.75) is 83.7 Å². The lowest BCUT2D eigenvalue weighted by atomic mass is 9.99. The van der Waals surface area contributed by atoms with Gasteiger partial charge in [0.1, 0.15) is 17.0 Å². The van der Waals surface area contributed by atoms with Crippen molar-refractivity contribution in [3.05, 3.63) is 0 Å². The number of thioether (sulfide) groups is 1. The standard InChI is InChI=1S/C22H33NO9S2/c1-6-9-23(10-16-7-8-16)22(33)34-21-20(31-15(5)27)19(30-14(4)26)18(29-13(3)25)17(32-21)11-28-12(2)24/h16-21H,6-11H2,1-5H3/t17?,18-,19?,20?,21-/m0/s1. The Bertz CT molecular complexity index is 773. The molecule has 34 heavy (non-hydrogen) atoms. The first kappa shape index (κ1) is 28.3. The Balaban J connectivity index is 2.35. The van der Waals surface area contributed by atoms with Gasteiger partial charge in [0.25, 0.3) is 0 Å². The van der Waals surface area contributed by atoms with E-state index < -0.39 is 53.7 Å². The van der Waals surface area contributed by atoms with E-state index in [1.807, 2.05) is 0 Å². The van der Waals surface area contributed by atoms with Crippen molar-refractivity contribution in [3.8, 4) is 0 Å². The molecule has 10 nitrogen and oxygen atoms in total. The second kappa shape index (κ2) is 13.2. The maximum atomic E-state index is 11.9.